The van der Waals surface area contributed by atoms with Gasteiger partial charge in [-0.05, 0) is 42.7 Å². The Balaban J connectivity index is 1.91. The van der Waals surface area contributed by atoms with Crippen molar-refractivity contribution in [2.24, 2.45) is 0 Å². The van der Waals surface area contributed by atoms with Crippen LogP contribution in [0, 0.1) is 0 Å². The first kappa shape index (κ1) is 15.1. The molecule has 3 heteroatoms. The van der Waals surface area contributed by atoms with Crippen molar-refractivity contribution in [3.05, 3.63) is 64.1 Å². The summed E-state index contributed by atoms with van der Waals surface area (Å²) in [7, 11) is 1.69. The van der Waals surface area contributed by atoms with Crippen LogP contribution < -0.4 is 10.1 Å². The van der Waals surface area contributed by atoms with Crippen molar-refractivity contribution in [3.63, 3.8) is 0 Å². The van der Waals surface area contributed by atoms with Crippen LogP contribution in [0.1, 0.15) is 18.1 Å². The van der Waals surface area contributed by atoms with Gasteiger partial charge in [-0.25, -0.2) is 0 Å². The van der Waals surface area contributed by atoms with Crippen LogP contribution in [-0.4, -0.2) is 13.2 Å². The van der Waals surface area contributed by atoms with E-state index in [2.05, 4.69) is 64.6 Å². The highest BCUT2D eigenvalue weighted by Gasteiger charge is 2.06. The smallest absolute Gasteiger partial charge is 0.119 e. The lowest BCUT2D eigenvalue weighted by atomic mass is 10.1. The maximum atomic E-state index is 5.26. The summed E-state index contributed by atoms with van der Waals surface area (Å²) in [4.78, 5) is 0. The normalized spacial score (nSPS) is 12.2. The first-order valence-electron chi connectivity index (χ1n) is 6.79. The molecule has 0 fully saturated rings. The maximum Gasteiger partial charge on any atom is 0.119 e. The molecule has 0 amide bonds. The molecule has 0 bridgehead atoms. The molecule has 0 aliphatic carbocycles. The van der Waals surface area contributed by atoms with Crippen LogP contribution in [0.4, 0.5) is 0 Å². The second-order valence-corrected chi connectivity index (χ2v) is 5.78. The molecule has 1 unspecified atom stereocenters. The zero-order valence-corrected chi connectivity index (χ0v) is 13.5. The number of ether oxygens (including phenoxy) is 1. The van der Waals surface area contributed by atoms with E-state index in [0.717, 1.165) is 23.2 Å². The first-order chi connectivity index (χ1) is 9.69. The highest BCUT2D eigenvalue weighted by Crippen LogP contribution is 2.22. The minimum Gasteiger partial charge on any atom is -0.497 e. The summed E-state index contributed by atoms with van der Waals surface area (Å²) in [5.41, 5.74) is 2.57. The summed E-state index contributed by atoms with van der Waals surface area (Å²) in [6.45, 7) is 3.03. The number of benzene rings is 2. The van der Waals surface area contributed by atoms with Gasteiger partial charge in [0, 0.05) is 17.1 Å². The Morgan fingerprint density at radius 1 is 1.15 bits per heavy atom. The predicted octanol–water partition coefficient (Wildman–Crippen LogP) is 4.18. The number of methoxy groups -OCH3 is 1. The van der Waals surface area contributed by atoms with Crippen molar-refractivity contribution >= 4 is 15.9 Å². The molecule has 2 nitrogen and oxygen atoms in total. The third-order valence-corrected chi connectivity index (χ3v) is 4.05. The van der Waals surface area contributed by atoms with Crippen molar-refractivity contribution in [3.8, 4) is 5.75 Å². The van der Waals surface area contributed by atoms with Gasteiger partial charge < -0.3 is 10.1 Å². The van der Waals surface area contributed by atoms with E-state index in [1.807, 2.05) is 12.1 Å². The molecule has 0 aromatic heterocycles. The lowest BCUT2D eigenvalue weighted by Gasteiger charge is -2.15. The van der Waals surface area contributed by atoms with Crippen molar-refractivity contribution in [2.45, 2.75) is 25.9 Å². The lowest BCUT2D eigenvalue weighted by Crippen LogP contribution is -2.27. The van der Waals surface area contributed by atoms with E-state index >= 15 is 0 Å². The molecule has 20 heavy (non-hydrogen) atoms. The fourth-order valence-electron chi connectivity index (χ4n) is 2.14. The Bertz CT molecular complexity index is 542. The largest absolute Gasteiger partial charge is 0.497 e. The lowest BCUT2D eigenvalue weighted by molar-refractivity contribution is 0.413. The Labute approximate surface area is 129 Å². The maximum absolute atomic E-state index is 5.26. The predicted molar refractivity (Wildman–Crippen MR) is 87.1 cm³/mol. The first-order valence-corrected chi connectivity index (χ1v) is 7.58. The molecular weight excluding hydrogens is 314 g/mol. The summed E-state index contributed by atoms with van der Waals surface area (Å²) in [5.74, 6) is 0.890. The second kappa shape index (κ2) is 7.46. The average Bonchev–Trinajstić information content (AvgIpc) is 2.47. The van der Waals surface area contributed by atoms with Gasteiger partial charge in [-0.1, -0.05) is 46.3 Å². The molecule has 0 saturated carbocycles. The molecule has 0 aliphatic heterocycles. The van der Waals surface area contributed by atoms with Gasteiger partial charge in [0.1, 0.15) is 5.75 Å². The topological polar surface area (TPSA) is 21.3 Å². The van der Waals surface area contributed by atoms with Crippen molar-refractivity contribution in [2.75, 3.05) is 7.11 Å². The van der Waals surface area contributed by atoms with Crippen molar-refractivity contribution < 1.29 is 4.74 Å². The van der Waals surface area contributed by atoms with E-state index in [4.69, 9.17) is 4.74 Å². The van der Waals surface area contributed by atoms with Crippen LogP contribution >= 0.6 is 15.9 Å². The van der Waals surface area contributed by atoms with Crippen molar-refractivity contribution in [1.82, 2.24) is 5.32 Å². The molecule has 2 rings (SSSR count). The van der Waals surface area contributed by atoms with E-state index < -0.39 is 0 Å². The van der Waals surface area contributed by atoms with Crippen LogP contribution in [0.3, 0.4) is 0 Å². The molecule has 0 spiro atoms. The molecule has 1 N–H and O–H groups in total. The summed E-state index contributed by atoms with van der Waals surface area (Å²) in [5, 5.41) is 3.55. The van der Waals surface area contributed by atoms with E-state index in [9.17, 15) is 0 Å². The van der Waals surface area contributed by atoms with E-state index in [-0.39, 0.29) is 0 Å². The van der Waals surface area contributed by atoms with Gasteiger partial charge in [0.05, 0.1) is 7.11 Å². The number of halogens is 1. The molecule has 0 radical (unpaired) electrons. The van der Waals surface area contributed by atoms with Gasteiger partial charge in [-0.2, -0.15) is 0 Å². The van der Waals surface area contributed by atoms with Crippen LogP contribution in [-0.2, 0) is 13.0 Å². The number of rotatable bonds is 6. The van der Waals surface area contributed by atoms with Crippen LogP contribution in [0.2, 0.25) is 0 Å². The van der Waals surface area contributed by atoms with Gasteiger partial charge in [0.15, 0.2) is 0 Å². The SMILES string of the molecule is COc1ccc(Br)c(CNC(C)Cc2ccccc2)c1. The molecule has 2 aromatic rings. The standard InChI is InChI=1S/C17H20BrNO/c1-13(10-14-6-4-3-5-7-14)19-12-15-11-16(20-2)8-9-17(15)18/h3-9,11,13,19H,10,12H2,1-2H3. The average molecular weight is 334 g/mol. The molecule has 106 valence electrons. The summed E-state index contributed by atoms with van der Waals surface area (Å²) < 4.78 is 6.37. The molecule has 2 aromatic carbocycles. The minimum atomic E-state index is 0.426. The number of hydrogen-bond acceptors (Lipinski definition) is 2. The van der Waals surface area contributed by atoms with Crippen LogP contribution in [0.25, 0.3) is 0 Å². The van der Waals surface area contributed by atoms with E-state index in [1.54, 1.807) is 7.11 Å². The van der Waals surface area contributed by atoms with Gasteiger partial charge in [-0.3, -0.25) is 0 Å². The highest BCUT2D eigenvalue weighted by atomic mass is 79.9. The monoisotopic (exact) mass is 333 g/mol. The van der Waals surface area contributed by atoms with Gasteiger partial charge >= 0.3 is 0 Å². The molecule has 0 aliphatic rings. The highest BCUT2D eigenvalue weighted by molar-refractivity contribution is 9.10. The third kappa shape index (κ3) is 4.36. The summed E-state index contributed by atoms with van der Waals surface area (Å²) in [6, 6.07) is 17.0. The molecule has 0 heterocycles. The van der Waals surface area contributed by atoms with E-state index in [0.29, 0.717) is 6.04 Å². The summed E-state index contributed by atoms with van der Waals surface area (Å²) in [6.07, 6.45) is 1.03. The van der Waals surface area contributed by atoms with Crippen LogP contribution in [0.15, 0.2) is 53.0 Å². The Kier molecular flexibility index (Phi) is 5.62. The Hall–Kier alpha value is -1.32. The zero-order valence-electron chi connectivity index (χ0n) is 11.9. The Morgan fingerprint density at radius 3 is 2.60 bits per heavy atom. The zero-order chi connectivity index (χ0) is 14.4. The molecule has 0 saturated heterocycles. The van der Waals surface area contributed by atoms with Gasteiger partial charge in [0.2, 0.25) is 0 Å². The fourth-order valence-corrected chi connectivity index (χ4v) is 2.52. The van der Waals surface area contributed by atoms with Gasteiger partial charge in [0.25, 0.3) is 0 Å². The number of hydrogen-bond donors (Lipinski definition) is 1. The third-order valence-electron chi connectivity index (χ3n) is 3.28. The molecular formula is C17H20BrNO. The molecule has 1 atom stereocenters. The minimum absolute atomic E-state index is 0.426. The van der Waals surface area contributed by atoms with Gasteiger partial charge in [-0.15, -0.1) is 0 Å². The fraction of sp³-hybridized carbons (Fsp3) is 0.294. The van der Waals surface area contributed by atoms with Crippen LogP contribution in [0.5, 0.6) is 5.75 Å². The quantitative estimate of drug-likeness (QED) is 0.856. The Morgan fingerprint density at radius 2 is 1.90 bits per heavy atom. The van der Waals surface area contributed by atoms with E-state index in [1.165, 1.54) is 11.1 Å². The summed E-state index contributed by atoms with van der Waals surface area (Å²) >= 11 is 3.58. The number of nitrogens with one attached hydrogen (secondary N) is 1. The second-order valence-electron chi connectivity index (χ2n) is 4.93. The van der Waals surface area contributed by atoms with Crippen molar-refractivity contribution in [1.29, 1.82) is 0 Å².